The Balaban J connectivity index is 0.00000216. The zero-order valence-electron chi connectivity index (χ0n) is 21.8. The van der Waals surface area contributed by atoms with Crippen LogP contribution in [0.2, 0.25) is 0 Å². The molecule has 3 aromatic rings. The van der Waals surface area contributed by atoms with Crippen LogP contribution in [0.25, 0.3) is 17.2 Å². The number of hydrogen-bond donors (Lipinski definition) is 0. The van der Waals surface area contributed by atoms with Crippen LogP contribution in [-0.2, 0) is 13.0 Å². The summed E-state index contributed by atoms with van der Waals surface area (Å²) >= 11 is 0. The van der Waals surface area contributed by atoms with Gasteiger partial charge in [0.25, 0.3) is 0 Å². The largest absolute Gasteiger partial charge is 0.308 e. The van der Waals surface area contributed by atoms with Gasteiger partial charge in [0.2, 0.25) is 0 Å². The summed E-state index contributed by atoms with van der Waals surface area (Å²) in [7, 11) is 0. The van der Waals surface area contributed by atoms with Gasteiger partial charge in [0.15, 0.2) is 5.65 Å². The van der Waals surface area contributed by atoms with Crippen molar-refractivity contribution in [1.82, 2.24) is 24.3 Å². The molecule has 0 atom stereocenters. The molecule has 3 heterocycles. The van der Waals surface area contributed by atoms with Gasteiger partial charge < -0.3 is 4.57 Å². The van der Waals surface area contributed by atoms with Crippen LogP contribution in [0.5, 0.6) is 0 Å². The van der Waals surface area contributed by atoms with Gasteiger partial charge in [0.1, 0.15) is 11.3 Å². The molecule has 1 fully saturated rings. The highest BCUT2D eigenvalue weighted by Gasteiger charge is 2.17. The molecule has 5 nitrogen and oxygen atoms in total. The zero-order chi connectivity index (χ0) is 23.4. The fourth-order valence-corrected chi connectivity index (χ4v) is 4.75. The average molecular weight is 519 g/mol. The molecular formula is C28H41Cl2N5. The number of nitrogens with zero attached hydrogens (tertiary/aromatic N) is 5. The maximum absolute atomic E-state index is 4.94. The van der Waals surface area contributed by atoms with E-state index in [1.165, 1.54) is 29.8 Å². The van der Waals surface area contributed by atoms with E-state index in [0.717, 1.165) is 61.7 Å². The SMILES string of the molecule is CCCc1nc2c(C)cc(C)nc2n1Cc1ccc(C=CCN2CCN(C(C)C)CC2)cc1.Cl.Cl. The highest BCUT2D eigenvalue weighted by atomic mass is 35.5. The van der Waals surface area contributed by atoms with Crippen molar-refractivity contribution in [3.63, 3.8) is 0 Å². The predicted molar refractivity (Wildman–Crippen MR) is 153 cm³/mol. The number of benzene rings is 1. The van der Waals surface area contributed by atoms with Crippen molar-refractivity contribution in [3.8, 4) is 0 Å². The number of fused-ring (bicyclic) bond motifs is 1. The smallest absolute Gasteiger partial charge is 0.160 e. The number of aromatic nitrogens is 3. The maximum Gasteiger partial charge on any atom is 0.160 e. The van der Waals surface area contributed by atoms with Crippen LogP contribution in [-0.4, -0.2) is 63.1 Å². The zero-order valence-corrected chi connectivity index (χ0v) is 23.5. The molecule has 1 saturated heterocycles. The normalized spacial score (nSPS) is 15.0. The minimum atomic E-state index is 0. The molecule has 1 aliphatic rings. The molecule has 2 aromatic heterocycles. The lowest BCUT2D eigenvalue weighted by Gasteiger charge is -2.36. The van der Waals surface area contributed by atoms with Crippen molar-refractivity contribution in [2.24, 2.45) is 0 Å². The summed E-state index contributed by atoms with van der Waals surface area (Å²) in [5.41, 5.74) is 6.86. The van der Waals surface area contributed by atoms with Crippen LogP contribution in [0.3, 0.4) is 0 Å². The quantitative estimate of drug-likeness (QED) is 0.370. The average Bonchev–Trinajstić information content (AvgIpc) is 3.13. The van der Waals surface area contributed by atoms with Gasteiger partial charge in [-0.05, 0) is 56.9 Å². The van der Waals surface area contributed by atoms with E-state index >= 15 is 0 Å². The Kier molecular flexibility index (Phi) is 11.2. The van der Waals surface area contributed by atoms with E-state index in [-0.39, 0.29) is 24.8 Å². The Morgan fingerprint density at radius 1 is 0.971 bits per heavy atom. The van der Waals surface area contributed by atoms with Gasteiger partial charge >= 0.3 is 0 Å². The molecule has 0 radical (unpaired) electrons. The molecular weight excluding hydrogens is 477 g/mol. The van der Waals surface area contributed by atoms with Gasteiger partial charge in [-0.3, -0.25) is 9.80 Å². The van der Waals surface area contributed by atoms with E-state index in [9.17, 15) is 0 Å². The fraction of sp³-hybridized carbons (Fsp3) is 0.500. The minimum Gasteiger partial charge on any atom is -0.308 e. The lowest BCUT2D eigenvalue weighted by Crippen LogP contribution is -2.48. The second kappa shape index (κ2) is 13.4. The Morgan fingerprint density at radius 2 is 1.66 bits per heavy atom. The summed E-state index contributed by atoms with van der Waals surface area (Å²) in [5, 5.41) is 0. The number of piperazine rings is 1. The summed E-state index contributed by atoms with van der Waals surface area (Å²) in [6.07, 6.45) is 6.61. The first-order valence-corrected chi connectivity index (χ1v) is 12.5. The molecule has 7 heteroatoms. The van der Waals surface area contributed by atoms with Gasteiger partial charge in [0.05, 0.1) is 6.54 Å². The predicted octanol–water partition coefficient (Wildman–Crippen LogP) is 5.93. The maximum atomic E-state index is 4.94. The number of rotatable bonds is 8. The first-order chi connectivity index (χ1) is 15.9. The molecule has 1 aromatic carbocycles. The Hall–Kier alpha value is -1.92. The molecule has 0 spiro atoms. The molecule has 35 heavy (non-hydrogen) atoms. The number of aryl methyl sites for hydroxylation is 3. The van der Waals surface area contributed by atoms with E-state index in [4.69, 9.17) is 9.97 Å². The molecule has 4 rings (SSSR count). The molecule has 192 valence electrons. The Bertz CT molecular complexity index is 1100. The number of halogens is 2. The van der Waals surface area contributed by atoms with Crippen molar-refractivity contribution in [3.05, 3.63) is 64.6 Å². The molecule has 0 bridgehead atoms. The third-order valence-corrected chi connectivity index (χ3v) is 6.71. The molecule has 0 saturated carbocycles. The van der Waals surface area contributed by atoms with E-state index in [0.29, 0.717) is 6.04 Å². The molecule has 0 aliphatic carbocycles. The number of hydrogen-bond acceptors (Lipinski definition) is 4. The second-order valence-electron chi connectivity index (χ2n) is 9.69. The monoisotopic (exact) mass is 517 g/mol. The van der Waals surface area contributed by atoms with Crippen molar-refractivity contribution in [2.75, 3.05) is 32.7 Å². The van der Waals surface area contributed by atoms with Crippen LogP contribution >= 0.6 is 24.8 Å². The first kappa shape index (κ1) is 29.3. The summed E-state index contributed by atoms with van der Waals surface area (Å²) < 4.78 is 2.31. The number of pyridine rings is 1. The highest BCUT2D eigenvalue weighted by molar-refractivity contribution is 5.85. The van der Waals surface area contributed by atoms with Crippen LogP contribution in [0.4, 0.5) is 0 Å². The molecule has 1 aliphatic heterocycles. The number of imidazole rings is 1. The van der Waals surface area contributed by atoms with Crippen molar-refractivity contribution in [1.29, 1.82) is 0 Å². The lowest BCUT2D eigenvalue weighted by atomic mass is 10.1. The molecule has 0 unspecified atom stereocenters. The Labute approximate surface area is 223 Å². The van der Waals surface area contributed by atoms with Crippen molar-refractivity contribution < 1.29 is 0 Å². The lowest BCUT2D eigenvalue weighted by molar-refractivity contribution is 0.117. The van der Waals surface area contributed by atoms with Crippen molar-refractivity contribution >= 4 is 42.1 Å². The fourth-order valence-electron chi connectivity index (χ4n) is 4.75. The highest BCUT2D eigenvalue weighted by Crippen LogP contribution is 2.22. The van der Waals surface area contributed by atoms with Gasteiger partial charge in [-0.2, -0.15) is 0 Å². The van der Waals surface area contributed by atoms with Crippen LogP contribution in [0, 0.1) is 13.8 Å². The third-order valence-electron chi connectivity index (χ3n) is 6.71. The van der Waals surface area contributed by atoms with E-state index in [2.05, 4.69) is 91.5 Å². The molecule has 0 N–H and O–H groups in total. The van der Waals surface area contributed by atoms with Crippen molar-refractivity contribution in [2.45, 2.75) is 60.0 Å². The minimum absolute atomic E-state index is 0. The standard InChI is InChI=1S/C28H39N5.2ClH/c1-6-8-26-30-27-22(4)19-23(5)29-28(27)33(26)20-25-12-10-24(11-13-25)9-7-14-31-15-17-32(18-16-31)21(2)3;;/h7,9-13,19,21H,6,8,14-18,20H2,1-5H3;2*1H. The topological polar surface area (TPSA) is 37.2 Å². The summed E-state index contributed by atoms with van der Waals surface area (Å²) in [5.74, 6) is 1.13. The van der Waals surface area contributed by atoms with Gasteiger partial charge in [0, 0.05) is 50.9 Å². The summed E-state index contributed by atoms with van der Waals surface area (Å²) in [6, 6.07) is 11.7. The Morgan fingerprint density at radius 3 is 2.29 bits per heavy atom. The van der Waals surface area contributed by atoms with E-state index in [1.54, 1.807) is 0 Å². The van der Waals surface area contributed by atoms with Crippen LogP contribution < -0.4 is 0 Å². The third kappa shape index (κ3) is 7.29. The van der Waals surface area contributed by atoms with Crippen LogP contribution in [0.1, 0.15) is 55.4 Å². The van der Waals surface area contributed by atoms with Crippen LogP contribution in [0.15, 0.2) is 36.4 Å². The van der Waals surface area contributed by atoms with Gasteiger partial charge in [-0.25, -0.2) is 9.97 Å². The summed E-state index contributed by atoms with van der Waals surface area (Å²) in [6.45, 7) is 17.5. The van der Waals surface area contributed by atoms with Gasteiger partial charge in [-0.1, -0.05) is 43.3 Å². The first-order valence-electron chi connectivity index (χ1n) is 12.5. The van der Waals surface area contributed by atoms with Gasteiger partial charge in [-0.15, -0.1) is 24.8 Å². The summed E-state index contributed by atoms with van der Waals surface area (Å²) in [4.78, 5) is 14.9. The molecule has 0 amide bonds. The van der Waals surface area contributed by atoms with E-state index < -0.39 is 0 Å². The van der Waals surface area contributed by atoms with E-state index in [1.807, 2.05) is 0 Å². The second-order valence-corrected chi connectivity index (χ2v) is 9.69.